The average Bonchev–Trinajstić information content (AvgIpc) is 2.30. The summed E-state index contributed by atoms with van der Waals surface area (Å²) in [4.78, 5) is 14.7. The summed E-state index contributed by atoms with van der Waals surface area (Å²) in [5.41, 5.74) is 7.77. The van der Waals surface area contributed by atoms with Crippen LogP contribution in [0.4, 0.5) is 10.5 Å². The van der Waals surface area contributed by atoms with Crippen molar-refractivity contribution >= 4 is 11.7 Å². The van der Waals surface area contributed by atoms with Gasteiger partial charge in [-0.1, -0.05) is 18.2 Å². The largest absolute Gasteiger partial charge is 0.351 e. The number of urea groups is 1. The SMILES string of the molecule is NC(=O)Nc1ccc(-c2cccnc2)cc1. The van der Waals surface area contributed by atoms with Crippen LogP contribution >= 0.6 is 0 Å². The molecule has 1 aromatic carbocycles. The van der Waals surface area contributed by atoms with Crippen LogP contribution in [0.5, 0.6) is 0 Å². The van der Waals surface area contributed by atoms with Gasteiger partial charge in [0.05, 0.1) is 0 Å². The minimum absolute atomic E-state index is 0.561. The zero-order valence-electron chi connectivity index (χ0n) is 8.55. The van der Waals surface area contributed by atoms with Crippen molar-refractivity contribution < 1.29 is 4.79 Å². The molecule has 0 aliphatic carbocycles. The molecule has 80 valence electrons. The van der Waals surface area contributed by atoms with E-state index >= 15 is 0 Å². The Balaban J connectivity index is 2.23. The van der Waals surface area contributed by atoms with Crippen LogP contribution in [0.3, 0.4) is 0 Å². The van der Waals surface area contributed by atoms with E-state index in [1.54, 1.807) is 24.5 Å². The van der Waals surface area contributed by atoms with Gasteiger partial charge >= 0.3 is 6.03 Å². The molecular weight excluding hydrogens is 202 g/mol. The summed E-state index contributed by atoms with van der Waals surface area (Å²) < 4.78 is 0. The Morgan fingerprint density at radius 3 is 2.44 bits per heavy atom. The Bertz CT molecular complexity index is 479. The predicted octanol–water partition coefficient (Wildman–Crippen LogP) is 2.24. The quantitative estimate of drug-likeness (QED) is 0.803. The van der Waals surface area contributed by atoms with Gasteiger partial charge in [-0.2, -0.15) is 0 Å². The highest BCUT2D eigenvalue weighted by atomic mass is 16.2. The lowest BCUT2D eigenvalue weighted by atomic mass is 10.1. The lowest BCUT2D eigenvalue weighted by Crippen LogP contribution is -2.19. The van der Waals surface area contributed by atoms with Crippen LogP contribution in [0.25, 0.3) is 11.1 Å². The zero-order chi connectivity index (χ0) is 11.4. The number of nitrogens with zero attached hydrogens (tertiary/aromatic N) is 1. The standard InChI is InChI=1S/C12H11N3O/c13-12(16)15-11-5-3-9(4-6-11)10-2-1-7-14-8-10/h1-8H,(H3,13,15,16). The van der Waals surface area contributed by atoms with Crippen molar-refractivity contribution in [3.8, 4) is 11.1 Å². The molecule has 0 saturated carbocycles. The van der Waals surface area contributed by atoms with E-state index in [4.69, 9.17) is 5.73 Å². The molecule has 4 heteroatoms. The summed E-state index contributed by atoms with van der Waals surface area (Å²) >= 11 is 0. The van der Waals surface area contributed by atoms with E-state index < -0.39 is 6.03 Å². The van der Waals surface area contributed by atoms with Gasteiger partial charge in [-0.25, -0.2) is 4.79 Å². The number of benzene rings is 1. The number of nitrogens with one attached hydrogen (secondary N) is 1. The number of hydrogen-bond acceptors (Lipinski definition) is 2. The summed E-state index contributed by atoms with van der Waals surface area (Å²) in [5, 5.41) is 2.51. The molecule has 0 atom stereocenters. The summed E-state index contributed by atoms with van der Waals surface area (Å²) in [6, 6.07) is 10.7. The second-order valence-corrected chi connectivity index (χ2v) is 3.31. The normalized spacial score (nSPS) is 9.75. The Labute approximate surface area is 93.1 Å². The van der Waals surface area contributed by atoms with Gasteiger partial charge in [-0.05, 0) is 29.3 Å². The van der Waals surface area contributed by atoms with Gasteiger partial charge in [-0.15, -0.1) is 0 Å². The fraction of sp³-hybridized carbons (Fsp3) is 0. The van der Waals surface area contributed by atoms with Crippen LogP contribution in [0.1, 0.15) is 0 Å². The number of hydrogen-bond donors (Lipinski definition) is 2. The van der Waals surface area contributed by atoms with Crippen molar-refractivity contribution in [3.05, 3.63) is 48.8 Å². The molecule has 2 amide bonds. The van der Waals surface area contributed by atoms with E-state index in [9.17, 15) is 4.79 Å². The monoisotopic (exact) mass is 213 g/mol. The third-order valence-electron chi connectivity index (χ3n) is 2.15. The summed E-state index contributed by atoms with van der Waals surface area (Å²) in [6.45, 7) is 0. The van der Waals surface area contributed by atoms with Gasteiger partial charge in [0.25, 0.3) is 0 Å². The molecule has 1 heterocycles. The molecule has 2 rings (SSSR count). The molecule has 0 aliphatic rings. The van der Waals surface area contributed by atoms with E-state index in [0.717, 1.165) is 11.1 Å². The number of rotatable bonds is 2. The first-order valence-electron chi connectivity index (χ1n) is 4.82. The predicted molar refractivity (Wildman–Crippen MR) is 62.9 cm³/mol. The van der Waals surface area contributed by atoms with Crippen molar-refractivity contribution in [2.45, 2.75) is 0 Å². The lowest BCUT2D eigenvalue weighted by molar-refractivity contribution is 0.259. The van der Waals surface area contributed by atoms with Crippen LogP contribution < -0.4 is 11.1 Å². The number of carbonyl (C=O) groups is 1. The fourth-order valence-electron chi connectivity index (χ4n) is 1.42. The minimum atomic E-state index is -0.561. The number of pyridine rings is 1. The van der Waals surface area contributed by atoms with E-state index in [0.29, 0.717) is 5.69 Å². The molecule has 2 aromatic rings. The maximum atomic E-state index is 10.6. The molecule has 0 bridgehead atoms. The Morgan fingerprint density at radius 2 is 1.88 bits per heavy atom. The van der Waals surface area contributed by atoms with Gasteiger partial charge in [0.15, 0.2) is 0 Å². The van der Waals surface area contributed by atoms with Gasteiger partial charge in [0.2, 0.25) is 0 Å². The van der Waals surface area contributed by atoms with Gasteiger partial charge in [0.1, 0.15) is 0 Å². The smallest absolute Gasteiger partial charge is 0.316 e. The van der Waals surface area contributed by atoms with Crippen LogP contribution in [0.2, 0.25) is 0 Å². The summed E-state index contributed by atoms with van der Waals surface area (Å²) in [7, 11) is 0. The number of carbonyl (C=O) groups excluding carboxylic acids is 1. The maximum absolute atomic E-state index is 10.6. The lowest BCUT2D eigenvalue weighted by Gasteiger charge is -2.04. The van der Waals surface area contributed by atoms with E-state index in [2.05, 4.69) is 10.3 Å². The number of aromatic nitrogens is 1. The zero-order valence-corrected chi connectivity index (χ0v) is 8.55. The second kappa shape index (κ2) is 4.44. The highest BCUT2D eigenvalue weighted by Gasteiger charge is 1.98. The Hall–Kier alpha value is -2.36. The van der Waals surface area contributed by atoms with Crippen LogP contribution in [-0.4, -0.2) is 11.0 Å². The van der Waals surface area contributed by atoms with E-state index in [1.807, 2.05) is 24.3 Å². The Kier molecular flexibility index (Phi) is 2.82. The average molecular weight is 213 g/mol. The number of anilines is 1. The van der Waals surface area contributed by atoms with Gasteiger partial charge in [0, 0.05) is 18.1 Å². The third kappa shape index (κ3) is 2.36. The highest BCUT2D eigenvalue weighted by molar-refractivity contribution is 5.88. The molecule has 0 radical (unpaired) electrons. The van der Waals surface area contributed by atoms with Crippen molar-refractivity contribution in [2.75, 3.05) is 5.32 Å². The molecule has 16 heavy (non-hydrogen) atoms. The van der Waals surface area contributed by atoms with Crippen LogP contribution in [-0.2, 0) is 0 Å². The van der Waals surface area contributed by atoms with Crippen LogP contribution in [0, 0.1) is 0 Å². The topological polar surface area (TPSA) is 68.0 Å². The highest BCUT2D eigenvalue weighted by Crippen LogP contribution is 2.19. The summed E-state index contributed by atoms with van der Waals surface area (Å²) in [5.74, 6) is 0. The molecule has 0 saturated heterocycles. The molecule has 4 nitrogen and oxygen atoms in total. The van der Waals surface area contributed by atoms with Gasteiger partial charge < -0.3 is 11.1 Å². The first-order chi connectivity index (χ1) is 7.75. The molecule has 0 unspecified atom stereocenters. The second-order valence-electron chi connectivity index (χ2n) is 3.31. The number of amides is 2. The van der Waals surface area contributed by atoms with Gasteiger partial charge in [-0.3, -0.25) is 4.98 Å². The third-order valence-corrected chi connectivity index (χ3v) is 2.15. The Morgan fingerprint density at radius 1 is 1.12 bits per heavy atom. The first-order valence-corrected chi connectivity index (χ1v) is 4.82. The van der Waals surface area contributed by atoms with E-state index in [1.165, 1.54) is 0 Å². The van der Waals surface area contributed by atoms with Crippen LogP contribution in [0.15, 0.2) is 48.8 Å². The molecule has 3 N–H and O–H groups in total. The van der Waals surface area contributed by atoms with Crippen molar-refractivity contribution in [2.24, 2.45) is 5.73 Å². The molecular formula is C12H11N3O. The summed E-state index contributed by atoms with van der Waals surface area (Å²) in [6.07, 6.45) is 3.52. The first kappa shape index (κ1) is 10.2. The van der Waals surface area contributed by atoms with E-state index in [-0.39, 0.29) is 0 Å². The van der Waals surface area contributed by atoms with Crippen molar-refractivity contribution in [1.82, 2.24) is 4.98 Å². The van der Waals surface area contributed by atoms with Crippen molar-refractivity contribution in [3.63, 3.8) is 0 Å². The van der Waals surface area contributed by atoms with Crippen molar-refractivity contribution in [1.29, 1.82) is 0 Å². The fourth-order valence-corrected chi connectivity index (χ4v) is 1.42. The molecule has 0 aliphatic heterocycles. The molecule has 0 fully saturated rings. The number of nitrogens with two attached hydrogens (primary N) is 1. The molecule has 1 aromatic heterocycles. The number of primary amides is 1. The maximum Gasteiger partial charge on any atom is 0.316 e. The minimum Gasteiger partial charge on any atom is -0.351 e. The molecule has 0 spiro atoms.